The molecule has 1 amide bonds. The van der Waals surface area contributed by atoms with Crippen LogP contribution in [0.4, 0.5) is 0 Å². The van der Waals surface area contributed by atoms with Crippen LogP contribution in [0.2, 0.25) is 0 Å². The van der Waals surface area contributed by atoms with Crippen LogP contribution in [0.25, 0.3) is 0 Å². The summed E-state index contributed by atoms with van der Waals surface area (Å²) in [6.45, 7) is 1.89. The van der Waals surface area contributed by atoms with Crippen LogP contribution in [0.3, 0.4) is 0 Å². The van der Waals surface area contributed by atoms with E-state index in [1.165, 1.54) is 0 Å². The van der Waals surface area contributed by atoms with Gasteiger partial charge in [-0.2, -0.15) is 10.4 Å². The van der Waals surface area contributed by atoms with Gasteiger partial charge in [0, 0.05) is 19.2 Å². The molecule has 0 aromatic carbocycles. The van der Waals surface area contributed by atoms with E-state index in [9.17, 15) is 4.79 Å². The van der Waals surface area contributed by atoms with Crippen molar-refractivity contribution in [2.24, 2.45) is 18.7 Å². The number of aryl methyl sites for hydroxylation is 1. The summed E-state index contributed by atoms with van der Waals surface area (Å²) < 4.78 is 1.70. The lowest BCUT2D eigenvalue weighted by atomic mass is 10.0. The third kappa shape index (κ3) is 1.91. The molecule has 1 aromatic heterocycles. The summed E-state index contributed by atoms with van der Waals surface area (Å²) in [5.41, 5.74) is 6.90. The minimum Gasteiger partial charge on any atom is -0.369 e. The topological polar surface area (TPSA) is 84.7 Å². The highest BCUT2D eigenvalue weighted by Gasteiger charge is 2.17. The smallest absolute Gasteiger partial charge is 0.235 e. The molecule has 0 saturated carbocycles. The average Bonchev–Trinajstić information content (AvgIpc) is 2.44. The van der Waals surface area contributed by atoms with Gasteiger partial charge in [0.1, 0.15) is 5.92 Å². The van der Waals surface area contributed by atoms with E-state index < -0.39 is 11.8 Å². The monoisotopic (exact) mass is 192 g/mol. The molecule has 1 atom stereocenters. The Balaban J connectivity index is 2.84. The van der Waals surface area contributed by atoms with Crippen LogP contribution in [0, 0.1) is 24.2 Å². The van der Waals surface area contributed by atoms with Crippen molar-refractivity contribution in [2.75, 3.05) is 0 Å². The van der Waals surface area contributed by atoms with E-state index >= 15 is 0 Å². The normalized spacial score (nSPS) is 12.1. The number of amides is 1. The van der Waals surface area contributed by atoms with Gasteiger partial charge in [-0.05, 0) is 12.5 Å². The Hall–Kier alpha value is -1.83. The lowest BCUT2D eigenvalue weighted by molar-refractivity contribution is -0.120. The maximum atomic E-state index is 10.8. The molecule has 0 aliphatic carbocycles. The molecule has 74 valence electrons. The van der Waals surface area contributed by atoms with Gasteiger partial charge in [-0.25, -0.2) is 0 Å². The first-order valence-electron chi connectivity index (χ1n) is 4.22. The van der Waals surface area contributed by atoms with Gasteiger partial charge >= 0.3 is 0 Å². The summed E-state index contributed by atoms with van der Waals surface area (Å²) in [5.74, 6) is -1.35. The molecule has 0 saturated heterocycles. The van der Waals surface area contributed by atoms with Crippen molar-refractivity contribution in [3.05, 3.63) is 17.5 Å². The van der Waals surface area contributed by atoms with Gasteiger partial charge in [0.2, 0.25) is 5.91 Å². The number of primary amides is 1. The van der Waals surface area contributed by atoms with Gasteiger partial charge in [-0.1, -0.05) is 0 Å². The predicted octanol–water partition coefficient (Wildman–Crippen LogP) is -0.104. The van der Waals surface area contributed by atoms with Crippen LogP contribution in [0.5, 0.6) is 0 Å². The number of hydrogen-bond donors (Lipinski definition) is 1. The van der Waals surface area contributed by atoms with Crippen LogP contribution in [0.15, 0.2) is 6.20 Å². The van der Waals surface area contributed by atoms with Gasteiger partial charge in [0.05, 0.1) is 12.3 Å². The second kappa shape index (κ2) is 3.92. The van der Waals surface area contributed by atoms with Gasteiger partial charge < -0.3 is 5.73 Å². The first-order valence-corrected chi connectivity index (χ1v) is 4.22. The molecule has 0 aliphatic rings. The molecule has 0 spiro atoms. The molecule has 0 radical (unpaired) electrons. The van der Waals surface area contributed by atoms with Crippen molar-refractivity contribution >= 4 is 5.91 Å². The Morgan fingerprint density at radius 1 is 1.86 bits per heavy atom. The van der Waals surface area contributed by atoms with Crippen LogP contribution in [-0.4, -0.2) is 15.7 Å². The number of carbonyl (C=O) groups excluding carboxylic acids is 1. The summed E-state index contributed by atoms with van der Waals surface area (Å²) in [5, 5.41) is 12.7. The zero-order chi connectivity index (χ0) is 10.7. The van der Waals surface area contributed by atoms with E-state index in [4.69, 9.17) is 11.0 Å². The van der Waals surface area contributed by atoms with E-state index in [2.05, 4.69) is 5.10 Å². The summed E-state index contributed by atoms with van der Waals surface area (Å²) >= 11 is 0. The zero-order valence-electron chi connectivity index (χ0n) is 8.19. The SMILES string of the molecule is Cc1c(C[C@H](C#N)C(N)=O)cnn1C. The molecule has 1 aromatic rings. The third-order valence-corrected chi connectivity index (χ3v) is 2.26. The lowest BCUT2D eigenvalue weighted by Crippen LogP contribution is -2.23. The average molecular weight is 192 g/mol. The standard InChI is InChI=1S/C9H12N4O/c1-6-8(5-12-13(6)2)3-7(4-10)9(11)14/h5,7H,3H2,1-2H3,(H2,11,14)/t7-/m1/s1. The van der Waals surface area contributed by atoms with E-state index in [0.717, 1.165) is 11.3 Å². The molecule has 0 fully saturated rings. The molecule has 1 rings (SSSR count). The molecule has 1 heterocycles. The highest BCUT2D eigenvalue weighted by Crippen LogP contribution is 2.11. The molecular formula is C9H12N4O. The second-order valence-corrected chi connectivity index (χ2v) is 3.17. The molecule has 0 unspecified atom stereocenters. The van der Waals surface area contributed by atoms with E-state index in [0.29, 0.717) is 6.42 Å². The van der Waals surface area contributed by atoms with E-state index in [1.807, 2.05) is 20.0 Å². The van der Waals surface area contributed by atoms with Crippen molar-refractivity contribution < 1.29 is 4.79 Å². The Labute approximate surface area is 82.1 Å². The molecule has 2 N–H and O–H groups in total. The minimum absolute atomic E-state index is 0.339. The highest BCUT2D eigenvalue weighted by atomic mass is 16.1. The van der Waals surface area contributed by atoms with Crippen molar-refractivity contribution in [3.8, 4) is 6.07 Å². The fraction of sp³-hybridized carbons (Fsp3) is 0.444. The quantitative estimate of drug-likeness (QED) is 0.725. The number of aromatic nitrogens is 2. The van der Waals surface area contributed by atoms with Crippen LogP contribution < -0.4 is 5.73 Å². The lowest BCUT2D eigenvalue weighted by Gasteiger charge is -2.03. The molecule has 0 aliphatic heterocycles. The summed E-state index contributed by atoms with van der Waals surface area (Å²) in [6.07, 6.45) is 1.99. The van der Waals surface area contributed by atoms with Crippen molar-refractivity contribution in [1.82, 2.24) is 9.78 Å². The summed E-state index contributed by atoms with van der Waals surface area (Å²) in [4.78, 5) is 10.8. The highest BCUT2D eigenvalue weighted by molar-refractivity contribution is 5.79. The fourth-order valence-corrected chi connectivity index (χ4v) is 1.17. The van der Waals surface area contributed by atoms with Crippen molar-refractivity contribution in [1.29, 1.82) is 5.26 Å². The predicted molar refractivity (Wildman–Crippen MR) is 49.9 cm³/mol. The van der Waals surface area contributed by atoms with Crippen LogP contribution in [-0.2, 0) is 18.3 Å². The Kier molecular flexibility index (Phi) is 2.87. The number of carbonyl (C=O) groups is 1. The Morgan fingerprint density at radius 3 is 2.86 bits per heavy atom. The number of nitrogens with two attached hydrogens (primary N) is 1. The fourth-order valence-electron chi connectivity index (χ4n) is 1.17. The van der Waals surface area contributed by atoms with Gasteiger partial charge in [-0.15, -0.1) is 0 Å². The van der Waals surface area contributed by atoms with Crippen LogP contribution >= 0.6 is 0 Å². The summed E-state index contributed by atoms with van der Waals surface area (Å²) in [7, 11) is 1.81. The molecule has 5 nitrogen and oxygen atoms in total. The number of rotatable bonds is 3. The van der Waals surface area contributed by atoms with E-state index in [-0.39, 0.29) is 0 Å². The minimum atomic E-state index is -0.766. The zero-order valence-corrected chi connectivity index (χ0v) is 8.19. The third-order valence-electron chi connectivity index (χ3n) is 2.26. The maximum Gasteiger partial charge on any atom is 0.235 e. The Bertz CT molecular complexity index is 388. The van der Waals surface area contributed by atoms with Crippen molar-refractivity contribution in [2.45, 2.75) is 13.3 Å². The van der Waals surface area contributed by atoms with E-state index in [1.54, 1.807) is 10.9 Å². The largest absolute Gasteiger partial charge is 0.369 e. The molecule has 5 heteroatoms. The van der Waals surface area contributed by atoms with Gasteiger partial charge in [0.25, 0.3) is 0 Å². The molecule has 0 bridgehead atoms. The number of nitriles is 1. The van der Waals surface area contributed by atoms with Gasteiger partial charge in [0.15, 0.2) is 0 Å². The molecular weight excluding hydrogens is 180 g/mol. The van der Waals surface area contributed by atoms with Gasteiger partial charge in [-0.3, -0.25) is 9.48 Å². The number of hydrogen-bond acceptors (Lipinski definition) is 3. The molecule has 14 heavy (non-hydrogen) atoms. The first-order chi connectivity index (χ1) is 6.56. The Morgan fingerprint density at radius 2 is 2.50 bits per heavy atom. The van der Waals surface area contributed by atoms with Crippen LogP contribution in [0.1, 0.15) is 11.3 Å². The maximum absolute atomic E-state index is 10.8. The van der Waals surface area contributed by atoms with Crippen molar-refractivity contribution in [3.63, 3.8) is 0 Å². The number of nitrogens with zero attached hydrogens (tertiary/aromatic N) is 3. The second-order valence-electron chi connectivity index (χ2n) is 3.17. The summed E-state index contributed by atoms with van der Waals surface area (Å²) in [6, 6.07) is 1.87. The first kappa shape index (κ1) is 10.3.